The zero-order chi connectivity index (χ0) is 18.9. The third kappa shape index (κ3) is 3.06. The van der Waals surface area contributed by atoms with Crippen molar-refractivity contribution in [3.8, 4) is 16.9 Å². The van der Waals surface area contributed by atoms with Gasteiger partial charge in [-0.25, -0.2) is 9.50 Å². The zero-order valence-electron chi connectivity index (χ0n) is 16.3. The molecule has 5 rings (SSSR count). The van der Waals surface area contributed by atoms with Crippen LogP contribution in [0.4, 0.5) is 0 Å². The fourth-order valence-corrected chi connectivity index (χ4v) is 4.59. The van der Waals surface area contributed by atoms with E-state index in [1.165, 1.54) is 25.0 Å². The summed E-state index contributed by atoms with van der Waals surface area (Å²) in [4.78, 5) is 4.77. The molecule has 2 fully saturated rings. The normalized spacial score (nSPS) is 22.6. The number of hydrogen-bond donors (Lipinski definition) is 2. The minimum Gasteiger partial charge on any atom is -0.497 e. The standard InChI is InChI=1S/C22H27N5O/c1-28-17-8-6-15(7-9-17)20-21(18-5-3-12-24-18)26-27-19(10-13-25-22(20)27)16-4-2-11-23-14-16/h6-10,13,16,18,23-24H,2-5,11-12,14H2,1H3. The van der Waals surface area contributed by atoms with Gasteiger partial charge in [0, 0.05) is 18.7 Å². The van der Waals surface area contributed by atoms with E-state index in [-0.39, 0.29) is 6.04 Å². The number of rotatable bonds is 4. The highest BCUT2D eigenvalue weighted by molar-refractivity contribution is 5.81. The largest absolute Gasteiger partial charge is 0.497 e. The average molecular weight is 377 g/mol. The molecule has 0 amide bonds. The van der Waals surface area contributed by atoms with Gasteiger partial charge in [-0.15, -0.1) is 0 Å². The molecule has 146 valence electrons. The summed E-state index contributed by atoms with van der Waals surface area (Å²) < 4.78 is 7.45. The smallest absolute Gasteiger partial charge is 0.163 e. The third-order valence-electron chi connectivity index (χ3n) is 6.06. The van der Waals surface area contributed by atoms with Crippen molar-refractivity contribution in [2.45, 2.75) is 37.6 Å². The minimum absolute atomic E-state index is 0.288. The quantitative estimate of drug-likeness (QED) is 0.730. The molecule has 2 aromatic heterocycles. The van der Waals surface area contributed by atoms with E-state index >= 15 is 0 Å². The Labute approximate surface area is 165 Å². The average Bonchev–Trinajstić information content (AvgIpc) is 3.42. The summed E-state index contributed by atoms with van der Waals surface area (Å²) in [5.74, 6) is 1.34. The van der Waals surface area contributed by atoms with Gasteiger partial charge in [-0.3, -0.25) is 0 Å². The molecule has 1 aromatic carbocycles. The van der Waals surface area contributed by atoms with E-state index in [2.05, 4.69) is 33.3 Å². The van der Waals surface area contributed by atoms with Crippen LogP contribution >= 0.6 is 0 Å². The van der Waals surface area contributed by atoms with Crippen molar-refractivity contribution in [2.75, 3.05) is 26.7 Å². The first-order valence-electron chi connectivity index (χ1n) is 10.3. The Morgan fingerprint density at radius 3 is 2.64 bits per heavy atom. The fourth-order valence-electron chi connectivity index (χ4n) is 4.59. The summed E-state index contributed by atoms with van der Waals surface area (Å²) in [6.45, 7) is 3.17. The van der Waals surface area contributed by atoms with Gasteiger partial charge in [-0.05, 0) is 62.5 Å². The Morgan fingerprint density at radius 2 is 1.93 bits per heavy atom. The Bertz CT molecular complexity index is 953. The molecule has 0 saturated carbocycles. The molecule has 3 aromatic rings. The van der Waals surface area contributed by atoms with Gasteiger partial charge in [0.1, 0.15) is 5.75 Å². The summed E-state index contributed by atoms with van der Waals surface area (Å²) in [6, 6.07) is 10.7. The van der Waals surface area contributed by atoms with E-state index in [4.69, 9.17) is 14.8 Å². The van der Waals surface area contributed by atoms with Crippen molar-refractivity contribution < 1.29 is 4.74 Å². The lowest BCUT2D eigenvalue weighted by molar-refractivity contribution is 0.415. The van der Waals surface area contributed by atoms with Crippen LogP contribution in [0.2, 0.25) is 0 Å². The van der Waals surface area contributed by atoms with Crippen LogP contribution < -0.4 is 15.4 Å². The van der Waals surface area contributed by atoms with Crippen LogP contribution in [0.1, 0.15) is 49.0 Å². The molecule has 0 aliphatic carbocycles. The molecule has 4 heterocycles. The maximum absolute atomic E-state index is 5.35. The SMILES string of the molecule is COc1ccc(-c2c(C3CCCN3)nn3c(C4CCCNC4)ccnc23)cc1. The Kier molecular flexibility index (Phi) is 4.74. The third-order valence-corrected chi connectivity index (χ3v) is 6.06. The molecule has 0 bridgehead atoms. The Hall–Kier alpha value is -2.44. The maximum atomic E-state index is 5.35. The second kappa shape index (κ2) is 7.53. The molecule has 6 heteroatoms. The van der Waals surface area contributed by atoms with E-state index in [1.54, 1.807) is 7.11 Å². The summed E-state index contributed by atoms with van der Waals surface area (Å²) in [5.41, 5.74) is 5.62. The van der Waals surface area contributed by atoms with Crippen LogP contribution in [-0.2, 0) is 0 Å². The number of benzene rings is 1. The summed E-state index contributed by atoms with van der Waals surface area (Å²) in [6.07, 6.45) is 6.65. The van der Waals surface area contributed by atoms with Crippen molar-refractivity contribution in [2.24, 2.45) is 0 Å². The van der Waals surface area contributed by atoms with Gasteiger partial charge >= 0.3 is 0 Å². The number of hydrogen-bond acceptors (Lipinski definition) is 5. The topological polar surface area (TPSA) is 63.5 Å². The number of methoxy groups -OCH3 is 1. The second-order valence-electron chi connectivity index (χ2n) is 7.79. The van der Waals surface area contributed by atoms with E-state index in [0.717, 1.165) is 54.3 Å². The van der Waals surface area contributed by atoms with Gasteiger partial charge in [0.25, 0.3) is 0 Å². The van der Waals surface area contributed by atoms with E-state index in [9.17, 15) is 0 Å². The van der Waals surface area contributed by atoms with Gasteiger partial charge in [-0.1, -0.05) is 12.1 Å². The van der Waals surface area contributed by atoms with E-state index in [0.29, 0.717) is 5.92 Å². The highest BCUT2D eigenvalue weighted by Crippen LogP contribution is 2.36. The van der Waals surface area contributed by atoms with Crippen molar-refractivity contribution in [3.05, 3.63) is 47.9 Å². The molecule has 6 nitrogen and oxygen atoms in total. The van der Waals surface area contributed by atoms with Crippen LogP contribution in [0.3, 0.4) is 0 Å². The van der Waals surface area contributed by atoms with Crippen molar-refractivity contribution in [1.29, 1.82) is 0 Å². The van der Waals surface area contributed by atoms with Gasteiger partial charge in [0.15, 0.2) is 5.65 Å². The van der Waals surface area contributed by atoms with Gasteiger partial charge in [0.05, 0.1) is 30.1 Å². The van der Waals surface area contributed by atoms with E-state index in [1.807, 2.05) is 18.3 Å². The lowest BCUT2D eigenvalue weighted by Crippen LogP contribution is -2.29. The molecular formula is C22H27N5O. The molecular weight excluding hydrogens is 350 g/mol. The van der Waals surface area contributed by atoms with Gasteiger partial charge in [-0.2, -0.15) is 5.10 Å². The molecule has 0 radical (unpaired) electrons. The first-order chi connectivity index (χ1) is 13.8. The lowest BCUT2D eigenvalue weighted by atomic mass is 9.96. The highest BCUT2D eigenvalue weighted by Gasteiger charge is 2.28. The molecule has 0 spiro atoms. The highest BCUT2D eigenvalue weighted by atomic mass is 16.5. The number of nitrogens with zero attached hydrogens (tertiary/aromatic N) is 3. The van der Waals surface area contributed by atoms with Crippen LogP contribution in [0.15, 0.2) is 36.5 Å². The zero-order valence-corrected chi connectivity index (χ0v) is 16.3. The molecule has 2 saturated heterocycles. The van der Waals surface area contributed by atoms with Crippen LogP contribution in [0.25, 0.3) is 16.8 Å². The first kappa shape index (κ1) is 17.6. The number of aromatic nitrogens is 3. The first-order valence-corrected chi connectivity index (χ1v) is 10.3. The number of ether oxygens (including phenoxy) is 1. The number of piperidine rings is 1. The minimum atomic E-state index is 0.288. The summed E-state index contributed by atoms with van der Waals surface area (Å²) in [7, 11) is 1.70. The predicted octanol–water partition coefficient (Wildman–Crippen LogP) is 3.30. The lowest BCUT2D eigenvalue weighted by Gasteiger charge is -2.23. The van der Waals surface area contributed by atoms with Crippen LogP contribution in [0.5, 0.6) is 5.75 Å². The predicted molar refractivity (Wildman–Crippen MR) is 110 cm³/mol. The number of fused-ring (bicyclic) bond motifs is 1. The van der Waals surface area contributed by atoms with Crippen LogP contribution in [0, 0.1) is 0 Å². The molecule has 2 unspecified atom stereocenters. The maximum Gasteiger partial charge on any atom is 0.163 e. The van der Waals surface area contributed by atoms with Gasteiger partial charge < -0.3 is 15.4 Å². The molecule has 2 aliphatic heterocycles. The molecule has 2 atom stereocenters. The Morgan fingerprint density at radius 1 is 1.07 bits per heavy atom. The van der Waals surface area contributed by atoms with Crippen molar-refractivity contribution in [1.82, 2.24) is 25.2 Å². The molecule has 28 heavy (non-hydrogen) atoms. The second-order valence-corrected chi connectivity index (χ2v) is 7.79. The summed E-state index contributed by atoms with van der Waals surface area (Å²) in [5, 5.41) is 12.3. The van der Waals surface area contributed by atoms with Gasteiger partial charge in [0.2, 0.25) is 0 Å². The number of nitrogens with one attached hydrogen (secondary N) is 2. The van der Waals surface area contributed by atoms with Crippen molar-refractivity contribution >= 4 is 5.65 Å². The van der Waals surface area contributed by atoms with Crippen molar-refractivity contribution in [3.63, 3.8) is 0 Å². The summed E-state index contributed by atoms with van der Waals surface area (Å²) >= 11 is 0. The Balaban J connectivity index is 1.68. The molecule has 2 aliphatic rings. The van der Waals surface area contributed by atoms with Crippen LogP contribution in [-0.4, -0.2) is 41.3 Å². The monoisotopic (exact) mass is 377 g/mol. The molecule has 2 N–H and O–H groups in total. The fraction of sp³-hybridized carbons (Fsp3) is 0.455. The van der Waals surface area contributed by atoms with E-state index < -0.39 is 0 Å².